The zero-order chi connectivity index (χ0) is 29.5. The number of nitrogens with zero attached hydrogens (tertiary/aromatic N) is 1. The van der Waals surface area contributed by atoms with E-state index in [4.69, 9.17) is 9.47 Å². The molecule has 1 saturated carbocycles. The summed E-state index contributed by atoms with van der Waals surface area (Å²) >= 11 is 1.88. The van der Waals surface area contributed by atoms with Gasteiger partial charge in [0.2, 0.25) is 11.8 Å². The van der Waals surface area contributed by atoms with Gasteiger partial charge in [-0.05, 0) is 71.3 Å². The van der Waals surface area contributed by atoms with Crippen LogP contribution in [0, 0.1) is 27.2 Å². The Morgan fingerprint density at radius 3 is 2.15 bits per heavy atom. The van der Waals surface area contributed by atoms with Crippen LogP contribution in [-0.4, -0.2) is 34.9 Å². The maximum Gasteiger partial charge on any atom is 0.416 e. The lowest BCUT2D eigenvalue weighted by Gasteiger charge is -2.43. The topological polar surface area (TPSA) is 96.3 Å². The van der Waals surface area contributed by atoms with Gasteiger partial charge in [-0.15, -0.1) is 0 Å². The normalized spacial score (nSPS) is 30.4. The number of anilines is 1. The molecule has 2 heterocycles. The van der Waals surface area contributed by atoms with E-state index in [1.165, 1.54) is 13.2 Å². The number of alkyl halides is 6. The Morgan fingerprint density at radius 1 is 1.00 bits per heavy atom. The molecule has 0 aromatic heterocycles. The summed E-state index contributed by atoms with van der Waals surface area (Å²) in [4.78, 5) is 27.4. The number of fused-ring (bicyclic) bond motifs is 3. The summed E-state index contributed by atoms with van der Waals surface area (Å²) in [6.45, 7) is 1.60. The first-order chi connectivity index (χ1) is 18.5. The van der Waals surface area contributed by atoms with Crippen molar-refractivity contribution < 1.29 is 55.6 Å². The van der Waals surface area contributed by atoms with Gasteiger partial charge in [0.05, 0.1) is 45.4 Å². The van der Waals surface area contributed by atoms with Crippen molar-refractivity contribution in [2.75, 3.05) is 12.0 Å². The minimum atomic E-state index is -5.17. The average molecular weight is 685 g/mol. The fourth-order valence-corrected chi connectivity index (χ4v) is 6.73. The molecule has 40 heavy (non-hydrogen) atoms. The third-order valence-corrected chi connectivity index (χ3v) is 8.85. The molecule has 1 aliphatic carbocycles. The number of rotatable bonds is 3. The van der Waals surface area contributed by atoms with E-state index in [2.05, 4.69) is 0 Å². The standard InChI is InChI=1S/C26H22F6INO6/c1-10-3-15-20(16-9-18(40-24(10,16)38)11-4-17(33)21(35)19(5-11)39-2)23(37)34(22(15)36)14-7-12(25(27,28)29)6-13(8-14)26(30,31)32/h4-8,10,15-16,18,20,35,38H,3,9H2,1-2H3/t10-,15-,16-,18-,20-,24+/m0/s1. The molecule has 7 nitrogen and oxygen atoms in total. The molecule has 6 atom stereocenters. The van der Waals surface area contributed by atoms with Crippen molar-refractivity contribution >= 4 is 40.1 Å². The number of aliphatic hydroxyl groups is 1. The van der Waals surface area contributed by atoms with E-state index in [0.717, 1.165) is 0 Å². The molecular formula is C26H22F6INO6. The molecule has 2 saturated heterocycles. The first kappa shape index (κ1) is 28.9. The molecule has 0 radical (unpaired) electrons. The monoisotopic (exact) mass is 685 g/mol. The Bertz CT molecular complexity index is 1360. The lowest BCUT2D eigenvalue weighted by atomic mass is 9.65. The minimum absolute atomic E-state index is 0.0231. The fraction of sp³-hybridized carbons (Fsp3) is 0.462. The number of ether oxygens (including phenoxy) is 2. The fourth-order valence-electron chi connectivity index (χ4n) is 6.11. The number of carbonyl (C=O) groups excluding carboxylic acids is 2. The van der Waals surface area contributed by atoms with Crippen LogP contribution in [0.25, 0.3) is 0 Å². The molecule has 2 aromatic rings. The van der Waals surface area contributed by atoms with Crippen molar-refractivity contribution in [1.29, 1.82) is 0 Å². The van der Waals surface area contributed by atoms with Gasteiger partial charge in [0, 0.05) is 11.8 Å². The van der Waals surface area contributed by atoms with Crippen LogP contribution in [0.15, 0.2) is 30.3 Å². The van der Waals surface area contributed by atoms with Crippen molar-refractivity contribution in [3.05, 3.63) is 50.6 Å². The van der Waals surface area contributed by atoms with Crippen molar-refractivity contribution in [3.8, 4) is 11.5 Å². The van der Waals surface area contributed by atoms with Gasteiger partial charge in [-0.1, -0.05) is 6.92 Å². The molecule has 2 aliphatic heterocycles. The van der Waals surface area contributed by atoms with Gasteiger partial charge < -0.3 is 19.7 Å². The largest absolute Gasteiger partial charge is 0.504 e. The summed E-state index contributed by atoms with van der Waals surface area (Å²) in [7, 11) is 1.35. The number of hydrogen-bond donors (Lipinski definition) is 2. The van der Waals surface area contributed by atoms with E-state index in [1.807, 2.05) is 22.6 Å². The van der Waals surface area contributed by atoms with Crippen LogP contribution in [0.1, 0.15) is 42.6 Å². The molecule has 2 N–H and O–H groups in total. The number of methoxy groups -OCH3 is 1. The second-order valence-electron chi connectivity index (χ2n) is 10.3. The Balaban J connectivity index is 1.54. The van der Waals surface area contributed by atoms with Crippen LogP contribution in [0.4, 0.5) is 32.0 Å². The first-order valence-corrected chi connectivity index (χ1v) is 13.2. The maximum absolute atomic E-state index is 13.6. The Morgan fingerprint density at radius 2 is 1.60 bits per heavy atom. The van der Waals surface area contributed by atoms with Crippen LogP contribution in [0.3, 0.4) is 0 Å². The van der Waals surface area contributed by atoms with E-state index in [1.54, 1.807) is 13.0 Å². The lowest BCUT2D eigenvalue weighted by Crippen LogP contribution is -2.52. The van der Waals surface area contributed by atoms with Crippen molar-refractivity contribution in [1.82, 2.24) is 0 Å². The van der Waals surface area contributed by atoms with Gasteiger partial charge in [-0.2, -0.15) is 26.3 Å². The molecule has 3 aliphatic rings. The van der Waals surface area contributed by atoms with Crippen LogP contribution >= 0.6 is 22.6 Å². The highest BCUT2D eigenvalue weighted by molar-refractivity contribution is 14.1. The van der Waals surface area contributed by atoms with Gasteiger partial charge in [0.15, 0.2) is 17.3 Å². The van der Waals surface area contributed by atoms with Crippen molar-refractivity contribution in [3.63, 3.8) is 0 Å². The third-order valence-electron chi connectivity index (χ3n) is 8.03. The predicted octanol–water partition coefficient (Wildman–Crippen LogP) is 5.65. The Hall–Kier alpha value is -2.59. The average Bonchev–Trinajstić information content (AvgIpc) is 3.34. The second-order valence-corrected chi connectivity index (χ2v) is 11.5. The highest BCUT2D eigenvalue weighted by Crippen LogP contribution is 2.59. The van der Waals surface area contributed by atoms with Crippen LogP contribution < -0.4 is 9.64 Å². The van der Waals surface area contributed by atoms with Gasteiger partial charge in [0.25, 0.3) is 0 Å². The van der Waals surface area contributed by atoms with Crippen molar-refractivity contribution in [2.45, 2.75) is 44.0 Å². The van der Waals surface area contributed by atoms with E-state index in [9.17, 15) is 46.1 Å². The predicted molar refractivity (Wildman–Crippen MR) is 134 cm³/mol. The Labute approximate surface area is 237 Å². The van der Waals surface area contributed by atoms with E-state index >= 15 is 0 Å². The second kappa shape index (κ2) is 9.48. The molecule has 216 valence electrons. The number of phenolic OH excluding ortho intramolecular Hbond substituents is 1. The first-order valence-electron chi connectivity index (χ1n) is 12.1. The van der Waals surface area contributed by atoms with E-state index in [0.29, 0.717) is 26.2 Å². The number of phenols is 1. The zero-order valence-corrected chi connectivity index (χ0v) is 23.0. The summed E-state index contributed by atoms with van der Waals surface area (Å²) < 4.78 is 92.5. The summed E-state index contributed by atoms with van der Waals surface area (Å²) in [6, 6.07) is 3.71. The summed E-state index contributed by atoms with van der Waals surface area (Å²) in [5.74, 6) is -7.81. The molecule has 0 bridgehead atoms. The van der Waals surface area contributed by atoms with Crippen LogP contribution in [0.5, 0.6) is 11.5 Å². The number of carbonyl (C=O) groups is 2. The molecule has 0 unspecified atom stereocenters. The number of halogens is 7. The lowest BCUT2D eigenvalue weighted by molar-refractivity contribution is -0.265. The summed E-state index contributed by atoms with van der Waals surface area (Å²) in [5.41, 5.74) is -3.64. The smallest absolute Gasteiger partial charge is 0.416 e. The van der Waals surface area contributed by atoms with Crippen LogP contribution in [0.2, 0.25) is 0 Å². The van der Waals surface area contributed by atoms with Crippen LogP contribution in [-0.2, 0) is 26.7 Å². The SMILES string of the molecule is COc1cc([C@@H]2C[C@H]3[C@H]4C(=O)N(c5cc(C(F)(F)F)cc(C(F)(F)F)c5)C(=O)[C@H]4C[C@H](C)[C@@]3(O)O2)cc(I)c1O. The van der Waals surface area contributed by atoms with E-state index < -0.39 is 76.5 Å². The number of hydrogen-bond acceptors (Lipinski definition) is 6. The maximum atomic E-state index is 13.6. The van der Waals surface area contributed by atoms with Gasteiger partial charge in [-0.25, -0.2) is 0 Å². The third kappa shape index (κ3) is 4.51. The van der Waals surface area contributed by atoms with E-state index in [-0.39, 0.29) is 30.4 Å². The van der Waals surface area contributed by atoms with Crippen molar-refractivity contribution in [2.24, 2.45) is 23.7 Å². The molecule has 2 amide bonds. The highest BCUT2D eigenvalue weighted by atomic mass is 127. The summed E-state index contributed by atoms with van der Waals surface area (Å²) in [5, 5.41) is 21.8. The minimum Gasteiger partial charge on any atom is -0.504 e. The summed E-state index contributed by atoms with van der Waals surface area (Å²) in [6.07, 6.45) is -11.2. The Kier molecular flexibility index (Phi) is 6.85. The highest BCUT2D eigenvalue weighted by Gasteiger charge is 2.66. The molecule has 2 aromatic carbocycles. The quantitative estimate of drug-likeness (QED) is 0.246. The number of aromatic hydroxyl groups is 1. The van der Waals surface area contributed by atoms with Gasteiger partial charge in [-0.3, -0.25) is 14.5 Å². The zero-order valence-electron chi connectivity index (χ0n) is 20.8. The molecule has 3 fully saturated rings. The number of benzene rings is 2. The number of imide groups is 1. The number of amides is 2. The van der Waals surface area contributed by atoms with Gasteiger partial charge in [0.1, 0.15) is 0 Å². The molecule has 14 heteroatoms. The molecule has 0 spiro atoms. The molecular weight excluding hydrogens is 663 g/mol. The molecule has 5 rings (SSSR count). The van der Waals surface area contributed by atoms with Gasteiger partial charge >= 0.3 is 12.4 Å².